The summed E-state index contributed by atoms with van der Waals surface area (Å²) in [5.41, 5.74) is 6.81. The van der Waals surface area contributed by atoms with Gasteiger partial charge >= 0.3 is 5.97 Å². The van der Waals surface area contributed by atoms with Crippen molar-refractivity contribution in [1.82, 2.24) is 16.0 Å². The molecule has 0 fully saturated rings. The van der Waals surface area contributed by atoms with Gasteiger partial charge in [-0.2, -0.15) is 12.6 Å². The van der Waals surface area contributed by atoms with Crippen molar-refractivity contribution in [3.05, 3.63) is 29.8 Å². The Morgan fingerprint density at radius 3 is 1.77 bits per heavy atom. The summed E-state index contributed by atoms with van der Waals surface area (Å²) in [6.07, 6.45) is 1.33. The summed E-state index contributed by atoms with van der Waals surface area (Å²) in [5, 5.41) is 26.4. The number of carbonyl (C=O) groups excluding carboxylic acids is 3. The fraction of sp³-hybridized carbons (Fsp3) is 0.583. The van der Waals surface area contributed by atoms with E-state index >= 15 is 0 Å². The van der Waals surface area contributed by atoms with Crippen LogP contribution in [0, 0.1) is 11.8 Å². The van der Waals surface area contributed by atoms with Crippen LogP contribution in [0.4, 0.5) is 0 Å². The molecule has 1 aromatic carbocycles. The van der Waals surface area contributed by atoms with E-state index in [1.807, 2.05) is 13.8 Å². The number of carbonyl (C=O) groups is 4. The first kappa shape index (κ1) is 30.2. The van der Waals surface area contributed by atoms with Crippen molar-refractivity contribution in [2.75, 3.05) is 5.75 Å². The highest BCUT2D eigenvalue weighted by atomic mass is 32.1. The van der Waals surface area contributed by atoms with E-state index in [1.165, 1.54) is 12.1 Å². The number of nitrogens with one attached hydrogen (secondary N) is 3. The number of benzene rings is 1. The second-order valence-electron chi connectivity index (χ2n) is 8.80. The molecular weight excluding hydrogens is 472 g/mol. The highest BCUT2D eigenvalue weighted by Crippen LogP contribution is 2.14. The molecule has 0 aliphatic heterocycles. The summed E-state index contributed by atoms with van der Waals surface area (Å²) in [6.45, 7) is 7.29. The maximum absolute atomic E-state index is 13.2. The largest absolute Gasteiger partial charge is 0.508 e. The molecule has 35 heavy (non-hydrogen) atoms. The summed E-state index contributed by atoms with van der Waals surface area (Å²) in [5.74, 6) is -3.49. The van der Waals surface area contributed by atoms with E-state index in [0.29, 0.717) is 12.8 Å². The zero-order valence-electron chi connectivity index (χ0n) is 20.7. The van der Waals surface area contributed by atoms with E-state index < -0.39 is 47.9 Å². The second-order valence-corrected chi connectivity index (χ2v) is 9.17. The van der Waals surface area contributed by atoms with Crippen molar-refractivity contribution >= 4 is 36.3 Å². The number of aliphatic carboxylic acids is 1. The number of nitrogens with two attached hydrogens (primary N) is 1. The molecule has 196 valence electrons. The SMILES string of the molecule is CCC(C)C(NC(=O)C(N)Cc1ccc(O)cc1)C(=O)NC(C(=O)NC(CS)C(=O)O)C(C)CC. The molecule has 3 amide bonds. The van der Waals surface area contributed by atoms with Crippen molar-refractivity contribution in [3.63, 3.8) is 0 Å². The van der Waals surface area contributed by atoms with Gasteiger partial charge in [0.05, 0.1) is 6.04 Å². The Morgan fingerprint density at radius 2 is 1.34 bits per heavy atom. The van der Waals surface area contributed by atoms with Gasteiger partial charge in [0.1, 0.15) is 23.9 Å². The molecule has 1 rings (SSSR count). The van der Waals surface area contributed by atoms with Gasteiger partial charge in [0.15, 0.2) is 0 Å². The van der Waals surface area contributed by atoms with E-state index in [9.17, 15) is 29.4 Å². The third-order valence-electron chi connectivity index (χ3n) is 6.11. The smallest absolute Gasteiger partial charge is 0.327 e. The molecule has 0 heterocycles. The number of carboxylic acids is 1. The molecule has 0 radical (unpaired) electrons. The average molecular weight is 511 g/mol. The number of carboxylic acid groups (broad SMARTS) is 1. The average Bonchev–Trinajstić information content (AvgIpc) is 2.83. The van der Waals surface area contributed by atoms with Crippen LogP contribution in [0.25, 0.3) is 0 Å². The fourth-order valence-corrected chi connectivity index (χ4v) is 3.58. The van der Waals surface area contributed by atoms with Gasteiger partial charge in [-0.15, -0.1) is 0 Å². The van der Waals surface area contributed by atoms with Crippen molar-refractivity contribution < 1.29 is 29.4 Å². The molecule has 0 aliphatic carbocycles. The Bertz CT molecular complexity index is 866. The summed E-state index contributed by atoms with van der Waals surface area (Å²) in [4.78, 5) is 50.1. The van der Waals surface area contributed by atoms with E-state index in [0.717, 1.165) is 5.56 Å². The lowest BCUT2D eigenvalue weighted by molar-refractivity contribution is -0.142. The number of hydrogen-bond acceptors (Lipinski definition) is 7. The first-order chi connectivity index (χ1) is 16.4. The number of rotatable bonds is 14. The van der Waals surface area contributed by atoms with Crippen LogP contribution in [0.2, 0.25) is 0 Å². The Morgan fingerprint density at radius 1 is 0.886 bits per heavy atom. The Kier molecular flexibility index (Phi) is 12.6. The van der Waals surface area contributed by atoms with Crippen LogP contribution in [-0.2, 0) is 25.6 Å². The molecule has 0 aromatic heterocycles. The molecular formula is C24H38N4O6S. The van der Waals surface area contributed by atoms with Gasteiger partial charge in [0.25, 0.3) is 0 Å². The van der Waals surface area contributed by atoms with Crippen LogP contribution in [0.1, 0.15) is 46.1 Å². The van der Waals surface area contributed by atoms with E-state index in [1.54, 1.807) is 26.0 Å². The van der Waals surface area contributed by atoms with Crippen molar-refractivity contribution in [1.29, 1.82) is 0 Å². The standard InChI is InChI=1S/C24H38N4O6S/c1-5-13(3)19(22(31)26-18(12-35)24(33)34)28-23(32)20(14(4)6-2)27-21(30)17(25)11-15-7-9-16(29)10-8-15/h7-10,13-14,17-20,29,35H,5-6,11-12,25H2,1-4H3,(H,26,31)(H,27,30)(H,28,32)(H,33,34). The molecule has 0 aliphatic rings. The minimum atomic E-state index is -1.23. The Balaban J connectivity index is 2.98. The normalized spacial score (nSPS) is 16.2. The van der Waals surface area contributed by atoms with Gasteiger partial charge in [-0.05, 0) is 36.0 Å². The fourth-order valence-electron chi connectivity index (χ4n) is 3.33. The zero-order valence-corrected chi connectivity index (χ0v) is 21.5. The van der Waals surface area contributed by atoms with Crippen LogP contribution < -0.4 is 21.7 Å². The van der Waals surface area contributed by atoms with Gasteiger partial charge in [-0.25, -0.2) is 4.79 Å². The first-order valence-corrected chi connectivity index (χ1v) is 12.4. The minimum absolute atomic E-state index is 0.101. The van der Waals surface area contributed by atoms with Crippen LogP contribution in [0.15, 0.2) is 24.3 Å². The van der Waals surface area contributed by atoms with Crippen LogP contribution in [0.5, 0.6) is 5.75 Å². The number of phenols is 1. The molecule has 6 unspecified atom stereocenters. The molecule has 0 saturated heterocycles. The van der Waals surface area contributed by atoms with Gasteiger partial charge in [0.2, 0.25) is 17.7 Å². The summed E-state index contributed by atoms with van der Waals surface area (Å²) >= 11 is 3.96. The minimum Gasteiger partial charge on any atom is -0.508 e. The quantitative estimate of drug-likeness (QED) is 0.182. The second kappa shape index (κ2) is 14.6. The third kappa shape index (κ3) is 9.41. The molecule has 10 nitrogen and oxygen atoms in total. The first-order valence-electron chi connectivity index (χ1n) is 11.7. The number of phenolic OH excluding ortho intramolecular Hbond substituents is 1. The van der Waals surface area contributed by atoms with Gasteiger partial charge in [-0.1, -0.05) is 52.7 Å². The maximum atomic E-state index is 13.2. The van der Waals surface area contributed by atoms with E-state index in [-0.39, 0.29) is 29.8 Å². The highest BCUT2D eigenvalue weighted by molar-refractivity contribution is 7.80. The molecule has 1 aromatic rings. The topological polar surface area (TPSA) is 171 Å². The number of amides is 3. The molecule has 11 heteroatoms. The van der Waals surface area contributed by atoms with Gasteiger partial charge in [0, 0.05) is 5.75 Å². The van der Waals surface area contributed by atoms with Gasteiger partial charge < -0.3 is 31.9 Å². The molecule has 0 spiro atoms. The Labute approximate surface area is 211 Å². The van der Waals surface area contributed by atoms with Crippen molar-refractivity contribution in [2.24, 2.45) is 17.6 Å². The van der Waals surface area contributed by atoms with Crippen LogP contribution in [-0.4, -0.2) is 63.8 Å². The lowest BCUT2D eigenvalue weighted by atomic mass is 9.94. The lowest BCUT2D eigenvalue weighted by Crippen LogP contribution is -2.60. The van der Waals surface area contributed by atoms with E-state index in [4.69, 9.17) is 5.73 Å². The van der Waals surface area contributed by atoms with Crippen molar-refractivity contribution in [3.8, 4) is 5.75 Å². The number of thiol groups is 1. The molecule has 6 atom stereocenters. The lowest BCUT2D eigenvalue weighted by Gasteiger charge is -2.30. The highest BCUT2D eigenvalue weighted by Gasteiger charge is 2.34. The van der Waals surface area contributed by atoms with Crippen LogP contribution in [0.3, 0.4) is 0 Å². The Hall–Kier alpha value is -2.79. The van der Waals surface area contributed by atoms with E-state index in [2.05, 4.69) is 28.6 Å². The predicted molar refractivity (Wildman–Crippen MR) is 136 cm³/mol. The third-order valence-corrected chi connectivity index (χ3v) is 6.48. The van der Waals surface area contributed by atoms with Gasteiger partial charge in [-0.3, -0.25) is 14.4 Å². The summed E-state index contributed by atoms with van der Waals surface area (Å²) < 4.78 is 0. The number of aromatic hydroxyl groups is 1. The molecule has 0 bridgehead atoms. The zero-order chi connectivity index (χ0) is 26.7. The molecule has 7 N–H and O–H groups in total. The summed E-state index contributed by atoms with van der Waals surface area (Å²) in [7, 11) is 0. The van der Waals surface area contributed by atoms with Crippen molar-refractivity contribution in [2.45, 2.75) is 71.1 Å². The number of hydrogen-bond donors (Lipinski definition) is 7. The monoisotopic (exact) mass is 510 g/mol. The van der Waals surface area contributed by atoms with Crippen LogP contribution >= 0.6 is 12.6 Å². The molecule has 0 saturated carbocycles. The summed E-state index contributed by atoms with van der Waals surface area (Å²) in [6, 6.07) is 2.24. The predicted octanol–water partition coefficient (Wildman–Crippen LogP) is 0.823. The maximum Gasteiger partial charge on any atom is 0.327 e.